The molecule has 0 aromatic heterocycles. The van der Waals surface area contributed by atoms with Crippen LogP contribution in [0.15, 0.2) is 30.3 Å². The summed E-state index contributed by atoms with van der Waals surface area (Å²) < 4.78 is 0. The zero-order chi connectivity index (χ0) is 17.6. The van der Waals surface area contributed by atoms with Gasteiger partial charge in [-0.3, -0.25) is 14.9 Å². The second-order valence-corrected chi connectivity index (χ2v) is 6.52. The second kappa shape index (κ2) is 7.73. The SMILES string of the molecule is C[NH+](CC(=O)NC(C)(C)C)[C@@H](C(=O)NC(N)=O)c1ccccc1. The van der Waals surface area contributed by atoms with E-state index in [2.05, 4.69) is 10.6 Å². The molecule has 0 aliphatic heterocycles. The fraction of sp³-hybridized carbons (Fsp3) is 0.438. The Morgan fingerprint density at radius 1 is 1.17 bits per heavy atom. The van der Waals surface area contributed by atoms with Crippen molar-refractivity contribution in [3.05, 3.63) is 35.9 Å². The summed E-state index contributed by atoms with van der Waals surface area (Å²) in [6, 6.07) is 7.34. The van der Waals surface area contributed by atoms with Crippen LogP contribution in [0.3, 0.4) is 0 Å². The summed E-state index contributed by atoms with van der Waals surface area (Å²) in [4.78, 5) is 36.0. The quantitative estimate of drug-likeness (QED) is 0.579. The van der Waals surface area contributed by atoms with Crippen LogP contribution in [-0.4, -0.2) is 37.0 Å². The van der Waals surface area contributed by atoms with Crippen LogP contribution < -0.4 is 21.3 Å². The highest BCUT2D eigenvalue weighted by Crippen LogP contribution is 2.09. The van der Waals surface area contributed by atoms with Crippen LogP contribution in [0.1, 0.15) is 32.4 Å². The Balaban J connectivity index is 2.93. The highest BCUT2D eigenvalue weighted by Gasteiger charge is 2.31. The van der Waals surface area contributed by atoms with E-state index in [1.165, 1.54) is 0 Å². The van der Waals surface area contributed by atoms with Crippen LogP contribution in [0, 0.1) is 0 Å². The smallest absolute Gasteiger partial charge is 0.319 e. The van der Waals surface area contributed by atoms with E-state index in [4.69, 9.17) is 5.73 Å². The van der Waals surface area contributed by atoms with Gasteiger partial charge in [0.15, 0.2) is 12.6 Å². The van der Waals surface area contributed by atoms with E-state index in [1.54, 1.807) is 31.3 Å². The monoisotopic (exact) mass is 321 g/mol. The van der Waals surface area contributed by atoms with Crippen LogP contribution in [-0.2, 0) is 9.59 Å². The number of rotatable bonds is 5. The number of carbonyl (C=O) groups excluding carboxylic acids is 3. The fourth-order valence-electron chi connectivity index (χ4n) is 2.32. The summed E-state index contributed by atoms with van der Waals surface area (Å²) in [6.45, 7) is 5.74. The number of hydrogen-bond acceptors (Lipinski definition) is 3. The third-order valence-corrected chi connectivity index (χ3v) is 3.09. The lowest BCUT2D eigenvalue weighted by atomic mass is 10.0. The summed E-state index contributed by atoms with van der Waals surface area (Å²) >= 11 is 0. The molecule has 2 atom stereocenters. The van der Waals surface area contributed by atoms with Gasteiger partial charge in [0.1, 0.15) is 0 Å². The largest absolute Gasteiger partial charge is 0.351 e. The lowest BCUT2D eigenvalue weighted by Crippen LogP contribution is -3.12. The maximum atomic E-state index is 12.3. The van der Waals surface area contributed by atoms with Crippen LogP contribution in [0.25, 0.3) is 0 Å². The van der Waals surface area contributed by atoms with Crippen molar-refractivity contribution in [3.63, 3.8) is 0 Å². The fourth-order valence-corrected chi connectivity index (χ4v) is 2.32. The van der Waals surface area contributed by atoms with Gasteiger partial charge in [-0.25, -0.2) is 4.79 Å². The molecule has 1 rings (SSSR count). The van der Waals surface area contributed by atoms with E-state index in [-0.39, 0.29) is 18.0 Å². The predicted molar refractivity (Wildman–Crippen MR) is 86.6 cm³/mol. The van der Waals surface area contributed by atoms with E-state index in [0.717, 1.165) is 0 Å². The van der Waals surface area contributed by atoms with Crippen LogP contribution in [0.4, 0.5) is 4.79 Å². The van der Waals surface area contributed by atoms with Crippen molar-refractivity contribution in [3.8, 4) is 0 Å². The van der Waals surface area contributed by atoms with Crippen molar-refractivity contribution in [2.45, 2.75) is 32.4 Å². The molecule has 0 spiro atoms. The maximum Gasteiger partial charge on any atom is 0.319 e. The summed E-state index contributed by atoms with van der Waals surface area (Å²) in [5.74, 6) is -0.715. The Labute approximate surface area is 136 Å². The van der Waals surface area contributed by atoms with E-state index < -0.39 is 18.0 Å². The molecule has 0 saturated heterocycles. The normalized spacial score (nSPS) is 13.7. The maximum absolute atomic E-state index is 12.3. The molecule has 4 amide bonds. The topological polar surface area (TPSA) is 106 Å². The zero-order valence-corrected chi connectivity index (χ0v) is 14.0. The van der Waals surface area contributed by atoms with E-state index in [9.17, 15) is 14.4 Å². The molecular formula is C16H25N4O3+. The van der Waals surface area contributed by atoms with Crippen LogP contribution >= 0.6 is 0 Å². The molecule has 7 heteroatoms. The van der Waals surface area contributed by atoms with Gasteiger partial charge >= 0.3 is 6.03 Å². The number of carbonyl (C=O) groups is 3. The van der Waals surface area contributed by atoms with E-state index in [0.29, 0.717) is 10.5 Å². The highest BCUT2D eigenvalue weighted by molar-refractivity contribution is 5.96. The van der Waals surface area contributed by atoms with Crippen LogP contribution in [0.2, 0.25) is 0 Å². The minimum absolute atomic E-state index is 0.0863. The molecule has 0 radical (unpaired) electrons. The van der Waals surface area contributed by atoms with Gasteiger partial charge in [0, 0.05) is 11.1 Å². The Hall–Kier alpha value is -2.41. The first-order chi connectivity index (χ1) is 10.6. The molecule has 0 saturated carbocycles. The lowest BCUT2D eigenvalue weighted by Gasteiger charge is -2.26. The van der Waals surface area contributed by atoms with Gasteiger partial charge in [-0.2, -0.15) is 0 Å². The Kier molecular flexibility index (Phi) is 6.27. The third kappa shape index (κ3) is 6.48. The minimum atomic E-state index is -0.914. The molecule has 7 nitrogen and oxygen atoms in total. The number of quaternary nitrogens is 1. The average Bonchev–Trinajstić information content (AvgIpc) is 2.36. The first-order valence-electron chi connectivity index (χ1n) is 7.38. The molecule has 0 bridgehead atoms. The molecular weight excluding hydrogens is 296 g/mol. The second-order valence-electron chi connectivity index (χ2n) is 6.52. The van der Waals surface area contributed by atoms with Gasteiger partial charge in [0.2, 0.25) is 0 Å². The van der Waals surface area contributed by atoms with Crippen molar-refractivity contribution in [2.75, 3.05) is 13.6 Å². The van der Waals surface area contributed by atoms with Crippen molar-refractivity contribution < 1.29 is 19.3 Å². The molecule has 23 heavy (non-hydrogen) atoms. The number of likely N-dealkylation sites (N-methyl/N-ethyl adjacent to an activating group) is 1. The summed E-state index contributed by atoms with van der Waals surface area (Å²) in [5.41, 5.74) is 5.38. The molecule has 0 aliphatic rings. The van der Waals surface area contributed by atoms with Crippen molar-refractivity contribution in [2.24, 2.45) is 5.73 Å². The highest BCUT2D eigenvalue weighted by atomic mass is 16.2. The number of amides is 4. The van der Waals surface area contributed by atoms with Crippen molar-refractivity contribution in [1.29, 1.82) is 0 Å². The Morgan fingerprint density at radius 2 is 1.74 bits per heavy atom. The number of benzene rings is 1. The first-order valence-corrected chi connectivity index (χ1v) is 7.38. The molecule has 0 aliphatic carbocycles. The van der Waals surface area contributed by atoms with Crippen LogP contribution in [0.5, 0.6) is 0 Å². The van der Waals surface area contributed by atoms with Gasteiger partial charge in [-0.1, -0.05) is 30.3 Å². The van der Waals surface area contributed by atoms with E-state index >= 15 is 0 Å². The first kappa shape index (κ1) is 18.6. The van der Waals surface area contributed by atoms with Gasteiger partial charge < -0.3 is 16.0 Å². The molecule has 0 fully saturated rings. The number of primary amides is 1. The summed E-state index contributed by atoms with van der Waals surface area (Å²) in [7, 11) is 1.72. The van der Waals surface area contributed by atoms with Gasteiger partial charge in [0.05, 0.1) is 7.05 Å². The molecule has 1 aromatic rings. The van der Waals surface area contributed by atoms with Gasteiger partial charge in [-0.15, -0.1) is 0 Å². The zero-order valence-electron chi connectivity index (χ0n) is 14.0. The number of imide groups is 1. The summed E-state index contributed by atoms with van der Waals surface area (Å²) in [5, 5.41) is 4.94. The third-order valence-electron chi connectivity index (χ3n) is 3.09. The molecule has 5 N–H and O–H groups in total. The molecule has 0 heterocycles. The van der Waals surface area contributed by atoms with Crippen molar-refractivity contribution >= 4 is 17.8 Å². The number of hydrogen-bond donors (Lipinski definition) is 4. The van der Waals surface area contributed by atoms with E-state index in [1.807, 2.05) is 26.8 Å². The predicted octanol–water partition coefficient (Wildman–Crippen LogP) is -0.648. The molecule has 1 aromatic carbocycles. The Morgan fingerprint density at radius 3 is 2.22 bits per heavy atom. The number of nitrogens with one attached hydrogen (secondary N) is 3. The average molecular weight is 321 g/mol. The molecule has 126 valence electrons. The minimum Gasteiger partial charge on any atom is -0.351 e. The molecule has 1 unspecified atom stereocenters. The summed E-state index contributed by atoms with van der Waals surface area (Å²) in [6.07, 6.45) is 0. The standard InChI is InChI=1S/C16H24N4O3/c1-16(2,3)19-12(21)10-20(4)13(14(22)18-15(17)23)11-8-6-5-7-9-11/h5-9,13H,10H2,1-4H3,(H,19,21)(H3,17,18,22,23)/p+1/t13-/m1/s1. The van der Waals surface area contributed by atoms with Gasteiger partial charge in [0.25, 0.3) is 11.8 Å². The number of nitrogens with two attached hydrogens (primary N) is 1. The number of urea groups is 1. The van der Waals surface area contributed by atoms with Gasteiger partial charge in [-0.05, 0) is 20.8 Å². The lowest BCUT2D eigenvalue weighted by molar-refractivity contribution is -0.894. The Bertz CT molecular complexity index is 566. The van der Waals surface area contributed by atoms with Crippen molar-refractivity contribution in [1.82, 2.24) is 10.6 Å².